The topological polar surface area (TPSA) is 299 Å². The average molecular weight is 581 g/mol. The molecule has 0 aliphatic rings. The highest BCUT2D eigenvalue weighted by molar-refractivity contribution is 5.94. The molecule has 0 heterocycles. The highest BCUT2D eigenvalue weighted by Crippen LogP contribution is 2.12. The van der Waals surface area contributed by atoms with Crippen LogP contribution in [-0.4, -0.2) is 88.2 Å². The highest BCUT2D eigenvalue weighted by atomic mass is 16.4. The molecule has 3 amide bonds. The van der Waals surface area contributed by atoms with E-state index in [9.17, 15) is 34.2 Å². The minimum Gasteiger partial charge on any atom is -0.508 e. The number of carboxylic acid groups (broad SMARTS) is 2. The molecule has 0 fully saturated rings. The summed E-state index contributed by atoms with van der Waals surface area (Å²) in [6.45, 7) is 0.479. The van der Waals surface area contributed by atoms with E-state index in [0.29, 0.717) is 24.9 Å². The zero-order valence-electron chi connectivity index (χ0n) is 22.6. The van der Waals surface area contributed by atoms with E-state index in [1.54, 1.807) is 0 Å². The van der Waals surface area contributed by atoms with Gasteiger partial charge in [0.2, 0.25) is 17.7 Å². The standard InChI is InChI=1S/C25H40N8O8/c26-10-2-1-4-18(24(40)41)32-22(38)17(5-3-11-30-25(28)29)31-23(39)19(12-14-6-8-15(34)9-7-14)33-21(37)16(27)13-20(35)36/h6-9,16-19,34H,1-5,10-13,26-27H2,(H,31,39)(H,32,38)(H,33,37)(H,35,36)(H,40,41)(H4,28,29,30). The quantitative estimate of drug-likeness (QED) is 0.0460. The fourth-order valence-electron chi connectivity index (χ4n) is 3.70. The summed E-state index contributed by atoms with van der Waals surface area (Å²) in [5.74, 6) is -5.28. The van der Waals surface area contributed by atoms with Gasteiger partial charge in [0.15, 0.2) is 5.96 Å². The third-order valence-electron chi connectivity index (χ3n) is 5.88. The molecule has 0 saturated carbocycles. The van der Waals surface area contributed by atoms with Gasteiger partial charge in [-0.1, -0.05) is 12.1 Å². The number of benzene rings is 1. The molecule has 1 aromatic rings. The summed E-state index contributed by atoms with van der Waals surface area (Å²) in [7, 11) is 0. The summed E-state index contributed by atoms with van der Waals surface area (Å²) >= 11 is 0. The lowest BCUT2D eigenvalue weighted by molar-refractivity contribution is -0.142. The van der Waals surface area contributed by atoms with Gasteiger partial charge < -0.3 is 54.2 Å². The summed E-state index contributed by atoms with van der Waals surface area (Å²) in [4.78, 5) is 65.6. The van der Waals surface area contributed by atoms with Crippen LogP contribution >= 0.6 is 0 Å². The van der Waals surface area contributed by atoms with Crippen LogP contribution in [0.1, 0.15) is 44.1 Å². The van der Waals surface area contributed by atoms with Crippen LogP contribution in [0.5, 0.6) is 5.75 Å². The number of nitrogens with zero attached hydrogens (tertiary/aromatic N) is 1. The molecule has 0 bridgehead atoms. The van der Waals surface area contributed by atoms with Crippen molar-refractivity contribution in [2.24, 2.45) is 27.9 Å². The number of carbonyl (C=O) groups excluding carboxylic acids is 3. The number of nitrogens with two attached hydrogens (primary N) is 4. The molecule has 1 aromatic carbocycles. The van der Waals surface area contributed by atoms with Gasteiger partial charge in [0.1, 0.15) is 23.9 Å². The normalized spacial score (nSPS) is 13.6. The van der Waals surface area contributed by atoms with Crippen LogP contribution in [0, 0.1) is 0 Å². The van der Waals surface area contributed by atoms with Gasteiger partial charge >= 0.3 is 11.9 Å². The number of phenols is 1. The summed E-state index contributed by atoms with van der Waals surface area (Å²) in [6.07, 6.45) is 0.593. The molecule has 228 valence electrons. The molecule has 41 heavy (non-hydrogen) atoms. The van der Waals surface area contributed by atoms with E-state index < -0.39 is 60.2 Å². The number of phenolic OH excluding ortho intramolecular Hbond substituents is 1. The SMILES string of the molecule is NCCCCC(NC(=O)C(CCCN=C(N)N)NC(=O)C(Cc1ccc(O)cc1)NC(=O)C(N)CC(=O)O)C(=O)O. The van der Waals surface area contributed by atoms with Gasteiger partial charge in [-0.2, -0.15) is 0 Å². The van der Waals surface area contributed by atoms with Crippen molar-refractivity contribution < 1.29 is 39.3 Å². The van der Waals surface area contributed by atoms with Crippen molar-refractivity contribution in [3.63, 3.8) is 0 Å². The van der Waals surface area contributed by atoms with Crippen molar-refractivity contribution >= 4 is 35.6 Å². The van der Waals surface area contributed by atoms with Crippen molar-refractivity contribution in [3.05, 3.63) is 29.8 Å². The number of rotatable bonds is 19. The molecule has 4 unspecified atom stereocenters. The maximum absolute atomic E-state index is 13.4. The third-order valence-corrected chi connectivity index (χ3v) is 5.88. The van der Waals surface area contributed by atoms with Crippen LogP contribution in [0.25, 0.3) is 0 Å². The summed E-state index contributed by atoms with van der Waals surface area (Å²) in [5.41, 5.74) is 22.3. The molecular weight excluding hydrogens is 540 g/mol. The molecule has 0 aliphatic carbocycles. The van der Waals surface area contributed by atoms with E-state index in [0.717, 1.165) is 0 Å². The molecule has 1 rings (SSSR count). The highest BCUT2D eigenvalue weighted by Gasteiger charge is 2.30. The maximum atomic E-state index is 13.4. The number of unbranched alkanes of at least 4 members (excludes halogenated alkanes) is 1. The summed E-state index contributed by atoms with van der Waals surface area (Å²) in [6, 6.07) is 0.546. The predicted octanol–water partition coefficient (Wildman–Crippen LogP) is -2.54. The van der Waals surface area contributed by atoms with Gasteiger partial charge in [-0.15, -0.1) is 0 Å². The van der Waals surface area contributed by atoms with Crippen LogP contribution in [0.3, 0.4) is 0 Å². The molecule has 16 nitrogen and oxygen atoms in total. The average Bonchev–Trinajstić information content (AvgIpc) is 2.89. The van der Waals surface area contributed by atoms with Gasteiger partial charge in [0, 0.05) is 13.0 Å². The van der Waals surface area contributed by atoms with Gasteiger partial charge in [-0.05, 0) is 56.3 Å². The van der Waals surface area contributed by atoms with Crippen molar-refractivity contribution in [3.8, 4) is 5.75 Å². The number of guanidine groups is 1. The fourth-order valence-corrected chi connectivity index (χ4v) is 3.70. The minimum atomic E-state index is -1.45. The number of aliphatic imine (C=N–C) groups is 1. The van der Waals surface area contributed by atoms with E-state index in [1.165, 1.54) is 24.3 Å². The molecule has 0 saturated heterocycles. The Kier molecular flexibility index (Phi) is 15.2. The molecule has 0 aliphatic heterocycles. The number of carbonyl (C=O) groups is 5. The maximum Gasteiger partial charge on any atom is 0.326 e. The molecule has 14 N–H and O–H groups in total. The van der Waals surface area contributed by atoms with Crippen molar-refractivity contribution in [2.75, 3.05) is 13.1 Å². The molecule has 0 spiro atoms. The lowest BCUT2D eigenvalue weighted by Gasteiger charge is -2.25. The fraction of sp³-hybridized carbons (Fsp3) is 0.520. The lowest BCUT2D eigenvalue weighted by atomic mass is 10.0. The monoisotopic (exact) mass is 580 g/mol. The second-order valence-corrected chi connectivity index (χ2v) is 9.33. The van der Waals surface area contributed by atoms with Crippen molar-refractivity contribution in [1.82, 2.24) is 16.0 Å². The van der Waals surface area contributed by atoms with Crippen LogP contribution in [0.15, 0.2) is 29.3 Å². The predicted molar refractivity (Wildman–Crippen MR) is 148 cm³/mol. The summed E-state index contributed by atoms with van der Waals surface area (Å²) < 4.78 is 0. The van der Waals surface area contributed by atoms with E-state index >= 15 is 0 Å². The second-order valence-electron chi connectivity index (χ2n) is 9.33. The summed E-state index contributed by atoms with van der Waals surface area (Å²) in [5, 5.41) is 35.4. The Balaban J connectivity index is 3.17. The number of aliphatic carboxylic acids is 2. The van der Waals surface area contributed by atoms with E-state index in [1.807, 2.05) is 0 Å². The Morgan fingerprint density at radius 3 is 1.93 bits per heavy atom. The number of amides is 3. The molecular formula is C25H40N8O8. The van der Waals surface area contributed by atoms with Crippen LogP contribution < -0.4 is 38.9 Å². The first kappa shape index (κ1) is 34.6. The van der Waals surface area contributed by atoms with Crippen LogP contribution in [0.2, 0.25) is 0 Å². The molecule has 0 radical (unpaired) electrons. The first-order valence-corrected chi connectivity index (χ1v) is 13.0. The Bertz CT molecular complexity index is 1060. The Labute approximate surface area is 236 Å². The Morgan fingerprint density at radius 1 is 0.805 bits per heavy atom. The molecule has 16 heteroatoms. The van der Waals surface area contributed by atoms with Gasteiger partial charge in [0.25, 0.3) is 0 Å². The van der Waals surface area contributed by atoms with Crippen molar-refractivity contribution in [2.45, 2.75) is 69.1 Å². The lowest BCUT2D eigenvalue weighted by Crippen LogP contribution is -2.57. The number of aromatic hydroxyl groups is 1. The zero-order valence-corrected chi connectivity index (χ0v) is 22.6. The first-order chi connectivity index (χ1) is 19.3. The van der Waals surface area contributed by atoms with E-state index in [-0.39, 0.29) is 43.9 Å². The number of hydrogen-bond acceptors (Lipinski definition) is 9. The largest absolute Gasteiger partial charge is 0.508 e. The van der Waals surface area contributed by atoms with Gasteiger partial charge in [-0.3, -0.25) is 24.2 Å². The second kappa shape index (κ2) is 18.0. The molecule has 4 atom stereocenters. The Morgan fingerprint density at radius 2 is 1.37 bits per heavy atom. The number of nitrogens with one attached hydrogen (secondary N) is 3. The van der Waals surface area contributed by atoms with Gasteiger partial charge in [0.05, 0.1) is 12.5 Å². The smallest absolute Gasteiger partial charge is 0.326 e. The number of carboxylic acids is 2. The van der Waals surface area contributed by atoms with Crippen LogP contribution in [0.4, 0.5) is 0 Å². The van der Waals surface area contributed by atoms with E-state index in [2.05, 4.69) is 20.9 Å². The Hall–Kier alpha value is -4.44. The van der Waals surface area contributed by atoms with Crippen molar-refractivity contribution in [1.29, 1.82) is 0 Å². The van der Waals surface area contributed by atoms with Gasteiger partial charge in [-0.25, -0.2) is 4.79 Å². The molecule has 0 aromatic heterocycles. The zero-order chi connectivity index (χ0) is 30.9. The minimum absolute atomic E-state index is 0.0158. The van der Waals surface area contributed by atoms with Crippen LogP contribution in [-0.2, 0) is 30.4 Å². The number of hydrogen-bond donors (Lipinski definition) is 10. The third kappa shape index (κ3) is 14.0. The van der Waals surface area contributed by atoms with E-state index in [4.69, 9.17) is 28.0 Å². The first-order valence-electron chi connectivity index (χ1n) is 13.0.